The zero-order valence-electron chi connectivity index (χ0n) is 27.0. The van der Waals surface area contributed by atoms with Crippen molar-refractivity contribution in [3.05, 3.63) is 0 Å². The molecule has 60 heavy (non-hydrogen) atoms. The van der Waals surface area contributed by atoms with Crippen molar-refractivity contribution < 1.29 is 159 Å². The predicted molar refractivity (Wildman–Crippen MR) is 120 cm³/mol. The van der Waals surface area contributed by atoms with E-state index in [0.29, 0.717) is 0 Å². The highest BCUT2D eigenvalue weighted by molar-refractivity contribution is 5.69. The normalized spacial score (nSPS) is 16.5. The first-order valence-corrected chi connectivity index (χ1v) is 14.2. The van der Waals surface area contributed by atoms with Crippen molar-refractivity contribution in [3.8, 4) is 0 Å². The molecular weight excluding hydrogens is 966 g/mol. The van der Waals surface area contributed by atoms with Gasteiger partial charge in [0.05, 0.1) is 5.92 Å². The minimum Gasteiger partial charge on any atom is -0.481 e. The van der Waals surface area contributed by atoms with Crippen LogP contribution in [0.15, 0.2) is 0 Å². The zero-order chi connectivity index (χ0) is 49.4. The highest BCUT2D eigenvalue weighted by Gasteiger charge is 2.96. The van der Waals surface area contributed by atoms with Crippen LogP contribution in [0.4, 0.5) is 149 Å². The molecular formula is C24H14F34O2. The molecule has 0 saturated heterocycles. The molecule has 36 heteroatoms. The average molecular weight is 980 g/mol. The van der Waals surface area contributed by atoms with E-state index < -0.39 is 146 Å². The quantitative estimate of drug-likeness (QED) is 0.116. The Kier molecular flexibility index (Phi) is 14.7. The third-order valence-electron chi connectivity index (χ3n) is 8.01. The van der Waals surface area contributed by atoms with Crippen LogP contribution in [0.5, 0.6) is 0 Å². The summed E-state index contributed by atoms with van der Waals surface area (Å²) in [7, 11) is 0. The van der Waals surface area contributed by atoms with E-state index in [2.05, 4.69) is 0 Å². The molecule has 0 aromatic rings. The molecule has 360 valence electrons. The largest absolute Gasteiger partial charge is 0.481 e. The van der Waals surface area contributed by atoms with Crippen LogP contribution >= 0.6 is 0 Å². The van der Waals surface area contributed by atoms with E-state index in [1.165, 1.54) is 0 Å². The maximum Gasteiger partial charge on any atom is 0.460 e. The average Bonchev–Trinajstić information content (AvgIpc) is 3.01. The van der Waals surface area contributed by atoms with Crippen LogP contribution in [0.2, 0.25) is 0 Å². The van der Waals surface area contributed by atoms with Crippen LogP contribution in [-0.4, -0.2) is 106 Å². The van der Waals surface area contributed by atoms with E-state index in [-0.39, 0.29) is 0 Å². The van der Waals surface area contributed by atoms with Gasteiger partial charge in [-0.05, 0) is 25.7 Å². The molecule has 0 bridgehead atoms. The van der Waals surface area contributed by atoms with Gasteiger partial charge in [0.1, 0.15) is 0 Å². The second kappa shape index (κ2) is 15.4. The molecule has 0 aliphatic carbocycles. The zero-order valence-corrected chi connectivity index (χ0v) is 27.0. The Bertz CT molecular complexity index is 1390. The summed E-state index contributed by atoms with van der Waals surface area (Å²) in [6.07, 6.45) is -31.6. The Hall–Kier alpha value is -2.91. The monoisotopic (exact) mass is 980 g/mol. The van der Waals surface area contributed by atoms with E-state index >= 15 is 0 Å². The van der Waals surface area contributed by atoms with Crippen molar-refractivity contribution in [1.29, 1.82) is 0 Å². The summed E-state index contributed by atoms with van der Waals surface area (Å²) in [5, 5.41) is 8.90. The van der Waals surface area contributed by atoms with E-state index in [9.17, 15) is 154 Å². The summed E-state index contributed by atoms with van der Waals surface area (Å²) in [5.41, 5.74) is 0. The van der Waals surface area contributed by atoms with Crippen molar-refractivity contribution in [3.63, 3.8) is 0 Å². The van der Waals surface area contributed by atoms with Crippen molar-refractivity contribution in [1.82, 2.24) is 0 Å². The summed E-state index contributed by atoms with van der Waals surface area (Å²) < 4.78 is 454. The molecule has 0 heterocycles. The van der Waals surface area contributed by atoms with E-state index in [1.54, 1.807) is 0 Å². The van der Waals surface area contributed by atoms with Crippen LogP contribution in [0.3, 0.4) is 0 Å². The molecule has 2 nitrogen and oxygen atoms in total. The van der Waals surface area contributed by atoms with E-state index in [4.69, 9.17) is 5.11 Å². The first-order chi connectivity index (χ1) is 25.5. The summed E-state index contributed by atoms with van der Waals surface area (Å²) in [6, 6.07) is 0. The SMILES string of the molecule is O=C(O)C(CCCC(F)(F)C(F)(F)C(F)(F)C(F)(F)C(F)(F)C(F)(F)C(F)(F)C(F)(F)F)CCCC(F)(F)C(F)(F)C(F)(F)C(F)(F)C(F)(F)C(F)(F)C(F)(F)C(F)(F)F. The van der Waals surface area contributed by atoms with Gasteiger partial charge in [0.25, 0.3) is 0 Å². The molecule has 0 spiro atoms. The van der Waals surface area contributed by atoms with Crippen molar-refractivity contribution in [2.75, 3.05) is 0 Å². The number of aliphatic carboxylic acids is 1. The van der Waals surface area contributed by atoms with Crippen molar-refractivity contribution >= 4 is 5.97 Å². The fourth-order valence-corrected chi connectivity index (χ4v) is 4.24. The molecule has 0 aliphatic rings. The van der Waals surface area contributed by atoms with Gasteiger partial charge in [-0.15, -0.1) is 0 Å². The lowest BCUT2D eigenvalue weighted by Crippen LogP contribution is -2.74. The topological polar surface area (TPSA) is 37.3 Å². The van der Waals surface area contributed by atoms with Gasteiger partial charge in [0.2, 0.25) is 0 Å². The Balaban J connectivity index is 6.37. The smallest absolute Gasteiger partial charge is 0.460 e. The predicted octanol–water partition coefficient (Wildman–Crippen LogP) is 13.0. The lowest BCUT2D eigenvalue weighted by Gasteiger charge is -2.43. The number of carboxylic acids is 1. The number of hydrogen-bond acceptors (Lipinski definition) is 1. The first kappa shape index (κ1) is 57.1. The molecule has 0 radical (unpaired) electrons. The Morgan fingerprint density at radius 2 is 0.467 bits per heavy atom. The molecule has 0 unspecified atom stereocenters. The van der Waals surface area contributed by atoms with Crippen molar-refractivity contribution in [2.24, 2.45) is 5.92 Å². The number of hydrogen-bond donors (Lipinski definition) is 1. The molecule has 0 amide bonds. The Morgan fingerprint density at radius 3 is 0.633 bits per heavy atom. The summed E-state index contributed by atoms with van der Waals surface area (Å²) >= 11 is 0. The lowest BCUT2D eigenvalue weighted by atomic mass is 9.86. The van der Waals surface area contributed by atoms with Gasteiger partial charge in [-0.1, -0.05) is 0 Å². The minimum absolute atomic E-state index is 2.04. The highest BCUT2D eigenvalue weighted by atomic mass is 19.4. The number of alkyl halides is 34. The number of halogens is 34. The van der Waals surface area contributed by atoms with Gasteiger partial charge in [-0.25, -0.2) is 0 Å². The molecule has 0 rings (SSSR count). The van der Waals surface area contributed by atoms with Gasteiger partial charge < -0.3 is 5.11 Å². The lowest BCUT2D eigenvalue weighted by molar-refractivity contribution is -0.461. The molecule has 0 atom stereocenters. The number of rotatable bonds is 21. The van der Waals surface area contributed by atoms with Crippen LogP contribution in [-0.2, 0) is 4.79 Å². The first-order valence-electron chi connectivity index (χ1n) is 14.2. The van der Waals surface area contributed by atoms with Gasteiger partial charge in [-0.3, -0.25) is 4.79 Å². The van der Waals surface area contributed by atoms with Gasteiger partial charge in [0.15, 0.2) is 0 Å². The van der Waals surface area contributed by atoms with Crippen LogP contribution < -0.4 is 0 Å². The van der Waals surface area contributed by atoms with Crippen molar-refractivity contribution in [2.45, 2.75) is 134 Å². The molecule has 1 N–H and O–H groups in total. The van der Waals surface area contributed by atoms with Gasteiger partial charge in [0, 0.05) is 12.8 Å². The maximum atomic E-state index is 14.0. The van der Waals surface area contributed by atoms with E-state index in [0.717, 1.165) is 0 Å². The Morgan fingerprint density at radius 1 is 0.300 bits per heavy atom. The summed E-state index contributed by atoms with van der Waals surface area (Å²) in [6.45, 7) is 0. The van der Waals surface area contributed by atoms with Gasteiger partial charge in [-0.2, -0.15) is 149 Å². The fraction of sp³-hybridized carbons (Fsp3) is 0.958. The second-order valence-corrected chi connectivity index (χ2v) is 12.1. The summed E-state index contributed by atoms with van der Waals surface area (Å²) in [4.78, 5) is 11.2. The van der Waals surface area contributed by atoms with Crippen LogP contribution in [0.1, 0.15) is 38.5 Å². The Labute approximate surface area is 306 Å². The highest BCUT2D eigenvalue weighted by Crippen LogP contribution is 2.66. The van der Waals surface area contributed by atoms with Crippen LogP contribution in [0.25, 0.3) is 0 Å². The van der Waals surface area contributed by atoms with Gasteiger partial charge >= 0.3 is 101 Å². The number of carboxylic acid groups (broad SMARTS) is 1. The minimum atomic E-state index is -9.04. The third kappa shape index (κ3) is 8.10. The third-order valence-corrected chi connectivity index (χ3v) is 8.01. The van der Waals surface area contributed by atoms with Crippen LogP contribution in [0, 0.1) is 5.92 Å². The number of carbonyl (C=O) groups is 1. The summed E-state index contributed by atoms with van der Waals surface area (Å²) in [5.74, 6) is -125. The second-order valence-electron chi connectivity index (χ2n) is 12.1. The maximum absolute atomic E-state index is 14.0. The standard InChI is InChI=1S/C24H14F34O2/c25-9(26,11(29,30)13(33,34)15(37,38)17(41,42)19(45,46)21(49,50)23(53,54)55)5-1-3-7(8(59)60)4-2-6-10(27,28)12(31,32)14(35,36)16(39,40)18(43,44)20(47,48)22(51,52)24(56,57)58/h7H,1-6H2,(H,59,60). The molecule has 0 fully saturated rings. The molecule has 0 aromatic carbocycles. The molecule has 0 aliphatic heterocycles. The molecule has 0 aromatic heterocycles. The van der Waals surface area contributed by atoms with E-state index in [1.807, 2.05) is 0 Å². The fourth-order valence-electron chi connectivity index (χ4n) is 4.24. The molecule has 0 saturated carbocycles.